The molecule has 0 amide bonds. The third-order valence-electron chi connectivity index (χ3n) is 0. The Kier molecular flexibility index (Phi) is 26.4. The molecule has 0 aromatic carbocycles. The van der Waals surface area contributed by atoms with Crippen molar-refractivity contribution in [3.63, 3.8) is 0 Å². The van der Waals surface area contributed by atoms with Crippen LogP contribution in [0.2, 0.25) is 0 Å². The molecule has 0 aromatic rings. The normalized spacial score (nSPS) is 2.00. The molecule has 0 bridgehead atoms. The molecule has 4 heavy (non-hydrogen) atoms. The molecule has 2 nitrogen and oxygen atoms in total. The van der Waals surface area contributed by atoms with Crippen molar-refractivity contribution in [2.24, 2.45) is 0 Å². The van der Waals surface area contributed by atoms with Gasteiger partial charge in [0.15, 0.2) is 0 Å². The van der Waals surface area contributed by atoms with E-state index in [0.29, 0.717) is 0 Å². The molecule has 0 atom stereocenters. The van der Waals surface area contributed by atoms with Crippen LogP contribution in [0, 0.1) is 0 Å². The molecule has 0 N–H and O–H groups in total. The van der Waals surface area contributed by atoms with Crippen molar-refractivity contribution in [1.82, 2.24) is 0 Å². The Bertz CT molecular complexity index is 27.0. The van der Waals surface area contributed by atoms with Crippen molar-refractivity contribution in [1.29, 1.82) is 0 Å². The van der Waals surface area contributed by atoms with Crippen molar-refractivity contribution in [2.45, 2.75) is 0 Å². The third-order valence-corrected chi connectivity index (χ3v) is 0. The summed E-state index contributed by atoms with van der Waals surface area (Å²) in [7, 11) is 0. The van der Waals surface area contributed by atoms with Gasteiger partial charge in [0.2, 0.25) is 0 Å². The topological polar surface area (TPSA) is 34.1 Å². The van der Waals surface area contributed by atoms with Crippen LogP contribution < -0.4 is 0 Å². The summed E-state index contributed by atoms with van der Waals surface area (Å²) in [4.78, 5) is 16.2. The summed E-state index contributed by atoms with van der Waals surface area (Å²) in [6.45, 7) is 0. The minimum absolute atomic E-state index is 0. The molecule has 0 aliphatic heterocycles. The molecule has 0 rings (SSSR count). The molecule has 0 aliphatic rings. The molecule has 3 heteroatoms. The standard InChI is InChI=1S/CO2.Ir/c2-1-3;. The van der Waals surface area contributed by atoms with Crippen LogP contribution in [0.3, 0.4) is 0 Å². The van der Waals surface area contributed by atoms with Crippen LogP contribution in [0.1, 0.15) is 0 Å². The van der Waals surface area contributed by atoms with E-state index in [1.54, 1.807) is 0 Å². The summed E-state index contributed by atoms with van der Waals surface area (Å²) in [6.07, 6.45) is 0.250. The van der Waals surface area contributed by atoms with Gasteiger partial charge in [-0.1, -0.05) is 0 Å². The molecular weight excluding hydrogens is 236 g/mol. The molecule has 25 valence electrons. The van der Waals surface area contributed by atoms with Gasteiger partial charge < -0.3 is 0 Å². The van der Waals surface area contributed by atoms with Gasteiger partial charge in [-0.2, -0.15) is 9.59 Å². The van der Waals surface area contributed by atoms with E-state index in [0.717, 1.165) is 0 Å². The van der Waals surface area contributed by atoms with Gasteiger partial charge in [-0.05, 0) is 0 Å². The summed E-state index contributed by atoms with van der Waals surface area (Å²) < 4.78 is 0. The summed E-state index contributed by atoms with van der Waals surface area (Å²) >= 11 is 0. The van der Waals surface area contributed by atoms with E-state index in [1.807, 2.05) is 0 Å². The second-order valence-electron chi connectivity index (χ2n) is 0.0833. The molecule has 0 unspecified atom stereocenters. The molecule has 0 saturated carbocycles. The second-order valence-corrected chi connectivity index (χ2v) is 0.0833. The fourth-order valence-corrected chi connectivity index (χ4v) is 0. The van der Waals surface area contributed by atoms with Gasteiger partial charge in [0.05, 0.1) is 0 Å². The van der Waals surface area contributed by atoms with Gasteiger partial charge in [0, 0.05) is 20.1 Å². The van der Waals surface area contributed by atoms with E-state index in [4.69, 9.17) is 9.59 Å². The van der Waals surface area contributed by atoms with Crippen LogP contribution >= 0.6 is 0 Å². The average molecular weight is 236 g/mol. The fourth-order valence-electron chi connectivity index (χ4n) is 0. The molecule has 0 spiro atoms. The van der Waals surface area contributed by atoms with E-state index >= 15 is 0 Å². The maximum atomic E-state index is 8.12. The summed E-state index contributed by atoms with van der Waals surface area (Å²) in [6, 6.07) is 0. The SMILES string of the molecule is O=C=O.[Ir]. The van der Waals surface area contributed by atoms with Crippen molar-refractivity contribution >= 4 is 6.15 Å². The number of hydrogen-bond acceptors (Lipinski definition) is 2. The quantitative estimate of drug-likeness (QED) is 0.563. The Morgan fingerprint density at radius 3 is 1.25 bits per heavy atom. The van der Waals surface area contributed by atoms with Gasteiger partial charge in [-0.25, -0.2) is 0 Å². The fraction of sp³-hybridized carbons (Fsp3) is 0. The Hall–Kier alpha value is 0.0294. The summed E-state index contributed by atoms with van der Waals surface area (Å²) in [5.74, 6) is 0. The first-order valence-corrected chi connectivity index (χ1v) is 0.408. The molecule has 0 saturated heterocycles. The molecule has 0 aromatic heterocycles. The Labute approximate surface area is 36.5 Å². The molecule has 1 radical (unpaired) electrons. The second kappa shape index (κ2) is 11.8. The van der Waals surface area contributed by atoms with E-state index in [1.165, 1.54) is 0 Å². The first kappa shape index (κ1) is 8.98. The zero-order chi connectivity index (χ0) is 2.71. The molecule has 0 fully saturated rings. The van der Waals surface area contributed by atoms with Gasteiger partial charge >= 0.3 is 6.15 Å². The van der Waals surface area contributed by atoms with Crippen LogP contribution in [0.25, 0.3) is 0 Å². The smallest absolute Gasteiger partial charge is 0.186 e. The van der Waals surface area contributed by atoms with Crippen LogP contribution in [-0.2, 0) is 29.7 Å². The minimum atomic E-state index is 0. The average Bonchev–Trinajstić information content (AvgIpc) is 0.918. The van der Waals surface area contributed by atoms with Crippen molar-refractivity contribution < 1.29 is 29.7 Å². The monoisotopic (exact) mass is 237 g/mol. The van der Waals surface area contributed by atoms with Crippen molar-refractivity contribution in [3.05, 3.63) is 0 Å². The van der Waals surface area contributed by atoms with E-state index in [9.17, 15) is 0 Å². The van der Waals surface area contributed by atoms with E-state index in [-0.39, 0.29) is 26.3 Å². The first-order valence-electron chi connectivity index (χ1n) is 0.408. The Morgan fingerprint density at radius 1 is 1.25 bits per heavy atom. The number of rotatable bonds is 0. The molecule has 0 aliphatic carbocycles. The van der Waals surface area contributed by atoms with E-state index < -0.39 is 0 Å². The third kappa shape index (κ3) is 2500. The number of carbonyl (C=O) groups excluding carboxylic acids is 2. The largest absolute Gasteiger partial charge is 0.373 e. The van der Waals surface area contributed by atoms with Crippen molar-refractivity contribution in [2.75, 3.05) is 0 Å². The van der Waals surface area contributed by atoms with Gasteiger partial charge in [0.25, 0.3) is 0 Å². The number of hydrogen-bond donors (Lipinski definition) is 0. The Morgan fingerprint density at radius 2 is 1.25 bits per heavy atom. The molecule has 0 heterocycles. The van der Waals surface area contributed by atoms with Gasteiger partial charge in [0.1, 0.15) is 0 Å². The zero-order valence-corrected chi connectivity index (χ0v) is 4.04. The van der Waals surface area contributed by atoms with Crippen LogP contribution in [0.5, 0.6) is 0 Å². The van der Waals surface area contributed by atoms with Crippen LogP contribution in [-0.4, -0.2) is 6.15 Å². The summed E-state index contributed by atoms with van der Waals surface area (Å²) in [5.41, 5.74) is 0. The Balaban J connectivity index is 0. The van der Waals surface area contributed by atoms with Crippen LogP contribution in [0.15, 0.2) is 0 Å². The predicted molar refractivity (Wildman–Crippen MR) is 5.01 cm³/mol. The van der Waals surface area contributed by atoms with Gasteiger partial charge in [-0.3, -0.25) is 0 Å². The molecular formula is CIrO2. The minimum Gasteiger partial charge on any atom is -0.186 e. The maximum absolute atomic E-state index is 8.12. The van der Waals surface area contributed by atoms with Crippen molar-refractivity contribution in [3.8, 4) is 0 Å². The van der Waals surface area contributed by atoms with Gasteiger partial charge in [-0.15, -0.1) is 0 Å². The zero-order valence-electron chi connectivity index (χ0n) is 1.65. The first-order chi connectivity index (χ1) is 1.41. The van der Waals surface area contributed by atoms with Crippen LogP contribution in [0.4, 0.5) is 0 Å². The van der Waals surface area contributed by atoms with E-state index in [2.05, 4.69) is 0 Å². The summed E-state index contributed by atoms with van der Waals surface area (Å²) in [5, 5.41) is 0. The predicted octanol–water partition coefficient (Wildman–Crippen LogP) is -0.586. The maximum Gasteiger partial charge on any atom is 0.373 e.